The number of benzene rings is 1. The fourth-order valence-corrected chi connectivity index (χ4v) is 1.04. The zero-order valence-electron chi connectivity index (χ0n) is 6.99. The molecule has 13 heavy (non-hydrogen) atoms. The predicted octanol–water partition coefficient (Wildman–Crippen LogP) is 2.55. The van der Waals surface area contributed by atoms with E-state index in [-0.39, 0.29) is 0 Å². The highest BCUT2D eigenvalue weighted by Gasteiger charge is 1.93. The van der Waals surface area contributed by atoms with E-state index in [0.29, 0.717) is 11.1 Å². The van der Waals surface area contributed by atoms with Gasteiger partial charge < -0.3 is 0 Å². The lowest BCUT2D eigenvalue weighted by atomic mass is 10.1. The topological polar surface area (TPSA) is 0 Å². The van der Waals surface area contributed by atoms with Crippen molar-refractivity contribution in [2.24, 2.45) is 0 Å². The first-order valence-corrected chi connectivity index (χ1v) is 3.61. The molecule has 1 rings (SSSR count). The Morgan fingerprint density at radius 2 is 1.38 bits per heavy atom. The molecule has 0 bridgehead atoms. The molecular formula is C11H6F2. The van der Waals surface area contributed by atoms with Crippen LogP contribution < -0.4 is 0 Å². The van der Waals surface area contributed by atoms with Crippen LogP contribution in [0.1, 0.15) is 16.7 Å². The van der Waals surface area contributed by atoms with Crippen LogP contribution in [0.2, 0.25) is 0 Å². The van der Waals surface area contributed by atoms with Gasteiger partial charge in [0.15, 0.2) is 0 Å². The van der Waals surface area contributed by atoms with Gasteiger partial charge in [0.25, 0.3) is 0 Å². The van der Waals surface area contributed by atoms with Gasteiger partial charge in [0.05, 0.1) is 0 Å². The zero-order chi connectivity index (χ0) is 9.68. The normalized spacial score (nSPS) is 7.92. The van der Waals surface area contributed by atoms with Crippen molar-refractivity contribution in [1.82, 2.24) is 0 Å². The smallest absolute Gasteiger partial charge is 0.111 e. The van der Waals surface area contributed by atoms with Gasteiger partial charge in [-0.25, -0.2) is 0 Å². The van der Waals surface area contributed by atoms with Gasteiger partial charge in [-0.05, 0) is 42.5 Å². The predicted molar refractivity (Wildman–Crippen MR) is 47.2 cm³/mol. The minimum absolute atomic E-state index is 0.500. The Hall–Kier alpha value is -1.80. The number of hydrogen-bond acceptors (Lipinski definition) is 0. The van der Waals surface area contributed by atoms with Crippen LogP contribution in [0.25, 0.3) is 0 Å². The molecule has 0 aliphatic heterocycles. The van der Waals surface area contributed by atoms with E-state index in [4.69, 9.17) is 0 Å². The summed E-state index contributed by atoms with van der Waals surface area (Å²) in [6.07, 6.45) is 2.58. The Kier molecular flexibility index (Phi) is 3.06. The van der Waals surface area contributed by atoms with Crippen LogP contribution in [-0.2, 0) is 0 Å². The fraction of sp³-hybridized carbons (Fsp3) is 0.0909. The molecule has 64 valence electrons. The summed E-state index contributed by atoms with van der Waals surface area (Å²) in [4.78, 5) is 0. The summed E-state index contributed by atoms with van der Waals surface area (Å²) in [6.45, 7) is 1.81. The summed E-state index contributed by atoms with van der Waals surface area (Å²) in [5.41, 5.74) is 1.87. The number of halogens is 2. The van der Waals surface area contributed by atoms with E-state index in [1.54, 1.807) is 12.1 Å². The third kappa shape index (κ3) is 2.61. The Morgan fingerprint density at radius 1 is 0.923 bits per heavy atom. The van der Waals surface area contributed by atoms with Crippen LogP contribution >= 0.6 is 0 Å². The average molecular weight is 176 g/mol. The second kappa shape index (κ2) is 4.28. The third-order valence-electron chi connectivity index (χ3n) is 1.46. The maximum atomic E-state index is 11.7. The second-order valence-electron chi connectivity index (χ2n) is 2.53. The Morgan fingerprint density at radius 3 is 1.77 bits per heavy atom. The Labute approximate surface area is 75.6 Å². The van der Waals surface area contributed by atoms with Crippen LogP contribution in [-0.4, -0.2) is 0 Å². The molecule has 2 heteroatoms. The van der Waals surface area contributed by atoms with E-state index in [9.17, 15) is 8.78 Å². The lowest BCUT2D eigenvalue weighted by molar-refractivity contribution is 0.773. The SMILES string of the molecule is Cc1cc(C#CF)cc(C#CF)c1. The van der Waals surface area contributed by atoms with Gasteiger partial charge in [0, 0.05) is 11.1 Å². The van der Waals surface area contributed by atoms with Crippen molar-refractivity contribution in [1.29, 1.82) is 0 Å². The molecule has 0 saturated carbocycles. The van der Waals surface area contributed by atoms with Crippen molar-refractivity contribution in [3.63, 3.8) is 0 Å². The molecule has 0 aromatic heterocycles. The zero-order valence-corrected chi connectivity index (χ0v) is 6.99. The fourth-order valence-electron chi connectivity index (χ4n) is 1.04. The molecule has 0 aliphatic rings. The van der Waals surface area contributed by atoms with E-state index in [2.05, 4.69) is 11.8 Å². The summed E-state index contributed by atoms with van der Waals surface area (Å²) < 4.78 is 23.3. The van der Waals surface area contributed by atoms with E-state index in [0.717, 1.165) is 5.56 Å². The highest BCUT2D eigenvalue weighted by Crippen LogP contribution is 2.07. The molecule has 0 nitrogen and oxygen atoms in total. The molecule has 0 heterocycles. The molecule has 0 fully saturated rings. The van der Waals surface area contributed by atoms with Crippen molar-refractivity contribution in [3.05, 3.63) is 34.9 Å². The van der Waals surface area contributed by atoms with Crippen LogP contribution in [0.3, 0.4) is 0 Å². The van der Waals surface area contributed by atoms with Crippen LogP contribution in [0.5, 0.6) is 0 Å². The van der Waals surface area contributed by atoms with Crippen molar-refractivity contribution in [3.8, 4) is 24.2 Å². The maximum absolute atomic E-state index is 11.7. The average Bonchev–Trinajstić information content (AvgIpc) is 2.04. The Bertz CT molecular complexity index is 387. The third-order valence-corrected chi connectivity index (χ3v) is 1.46. The molecule has 1 aromatic carbocycles. The van der Waals surface area contributed by atoms with Gasteiger partial charge in [-0.2, -0.15) is 0 Å². The molecule has 0 N–H and O–H groups in total. The largest absolute Gasteiger partial charge is 0.144 e. The van der Waals surface area contributed by atoms with Gasteiger partial charge in [-0.15, -0.1) is 8.78 Å². The van der Waals surface area contributed by atoms with Crippen molar-refractivity contribution < 1.29 is 8.78 Å². The van der Waals surface area contributed by atoms with E-state index in [1.807, 2.05) is 6.92 Å². The number of rotatable bonds is 0. The van der Waals surface area contributed by atoms with Crippen LogP contribution in [0.4, 0.5) is 8.78 Å². The van der Waals surface area contributed by atoms with Gasteiger partial charge >= 0.3 is 0 Å². The molecule has 0 amide bonds. The highest BCUT2D eigenvalue weighted by molar-refractivity contribution is 5.45. The van der Waals surface area contributed by atoms with Crippen molar-refractivity contribution >= 4 is 0 Å². The molecular weight excluding hydrogens is 170 g/mol. The van der Waals surface area contributed by atoms with Crippen LogP contribution in [0.15, 0.2) is 18.2 Å². The van der Waals surface area contributed by atoms with Crippen LogP contribution in [0, 0.1) is 31.1 Å². The lowest BCUT2D eigenvalue weighted by Crippen LogP contribution is -1.81. The monoisotopic (exact) mass is 176 g/mol. The molecule has 0 saturated heterocycles. The molecule has 1 aromatic rings. The number of aryl methyl sites for hydroxylation is 1. The quantitative estimate of drug-likeness (QED) is 0.533. The lowest BCUT2D eigenvalue weighted by Gasteiger charge is -1.95. The van der Waals surface area contributed by atoms with Gasteiger partial charge in [0.2, 0.25) is 0 Å². The molecule has 0 atom stereocenters. The number of hydrogen-bond donors (Lipinski definition) is 0. The van der Waals surface area contributed by atoms with E-state index < -0.39 is 0 Å². The summed E-state index contributed by atoms with van der Waals surface area (Å²) in [6, 6.07) is 4.94. The van der Waals surface area contributed by atoms with Crippen molar-refractivity contribution in [2.75, 3.05) is 0 Å². The second-order valence-corrected chi connectivity index (χ2v) is 2.53. The highest BCUT2D eigenvalue weighted by atomic mass is 19.1. The van der Waals surface area contributed by atoms with Gasteiger partial charge in [-0.1, -0.05) is 0 Å². The molecule has 0 unspecified atom stereocenters. The summed E-state index contributed by atoms with van der Waals surface area (Å²) >= 11 is 0. The van der Waals surface area contributed by atoms with Gasteiger partial charge in [-0.3, -0.25) is 0 Å². The minimum Gasteiger partial charge on any atom is -0.144 e. The first-order chi connectivity index (χ1) is 6.26. The van der Waals surface area contributed by atoms with E-state index in [1.165, 1.54) is 18.4 Å². The summed E-state index contributed by atoms with van der Waals surface area (Å²) in [7, 11) is 0. The van der Waals surface area contributed by atoms with E-state index >= 15 is 0 Å². The molecule has 0 spiro atoms. The first kappa shape index (κ1) is 9.29. The minimum atomic E-state index is 0.500. The van der Waals surface area contributed by atoms with Crippen molar-refractivity contribution in [2.45, 2.75) is 6.92 Å². The standard InChI is InChI=1S/C11H6F2/c1-9-6-10(2-4-12)8-11(7-9)3-5-13/h6-8H,1H3. The maximum Gasteiger partial charge on any atom is 0.111 e. The molecule has 0 aliphatic carbocycles. The van der Waals surface area contributed by atoms with Gasteiger partial charge in [0.1, 0.15) is 12.3 Å². The first-order valence-electron chi connectivity index (χ1n) is 3.61. The summed E-state index contributed by atoms with van der Waals surface area (Å²) in [5, 5.41) is 0. The molecule has 0 radical (unpaired) electrons. The Balaban J connectivity index is 3.21. The summed E-state index contributed by atoms with van der Waals surface area (Å²) in [5.74, 6) is 4.48.